The molecule has 15 atom stereocenters. The van der Waals surface area contributed by atoms with E-state index in [4.69, 9.17) is 62.6 Å². The molecule has 6 aliphatic heterocycles. The summed E-state index contributed by atoms with van der Waals surface area (Å²) in [7, 11) is -6.66. The summed E-state index contributed by atoms with van der Waals surface area (Å²) in [6, 6.07) is 21.9. The number of phosphoric acid groups is 1. The lowest BCUT2D eigenvalue weighted by atomic mass is 9.70. The topological polar surface area (TPSA) is 298 Å². The Hall–Kier alpha value is -4.72. The molecule has 9 fully saturated rings. The minimum absolute atomic E-state index is 0.0222. The van der Waals surface area contributed by atoms with Crippen molar-refractivity contribution < 1.29 is 60.8 Å². The molecule has 0 bridgehead atoms. The Bertz CT molecular complexity index is 4100. The molecular formula is C66H69Cl3F3N6O16PS3. The van der Waals surface area contributed by atoms with Gasteiger partial charge in [0.1, 0.15) is 36.6 Å². The third-order valence-electron chi connectivity index (χ3n) is 22.5. The van der Waals surface area contributed by atoms with Crippen molar-refractivity contribution in [3.05, 3.63) is 204 Å². The van der Waals surface area contributed by atoms with Crippen molar-refractivity contribution in [3.63, 3.8) is 0 Å². The van der Waals surface area contributed by atoms with Crippen LogP contribution in [0.4, 0.5) is 13.2 Å². The fourth-order valence-corrected chi connectivity index (χ4v) is 24.6. The van der Waals surface area contributed by atoms with Gasteiger partial charge in [0, 0.05) is 68.1 Å². The molecule has 0 amide bonds. The molecule has 22 nitrogen and oxygen atoms in total. The van der Waals surface area contributed by atoms with Gasteiger partial charge in [-0.05, 0) is 110 Å². The Morgan fingerprint density at radius 1 is 0.439 bits per heavy atom. The van der Waals surface area contributed by atoms with Crippen LogP contribution in [0.25, 0.3) is 0 Å². The molecule has 3 aliphatic carbocycles. The summed E-state index contributed by atoms with van der Waals surface area (Å²) in [5.41, 5.74) is -11.0. The Morgan fingerprint density at radius 2 is 0.684 bits per heavy atom. The van der Waals surface area contributed by atoms with Crippen LogP contribution in [-0.4, -0.2) is 130 Å². The zero-order valence-electron chi connectivity index (χ0n) is 52.2. The number of halogens is 6. The Labute approximate surface area is 584 Å². The van der Waals surface area contributed by atoms with Gasteiger partial charge in [0.25, 0.3) is 34.2 Å². The minimum atomic E-state index is -6.66. The van der Waals surface area contributed by atoms with E-state index in [9.17, 15) is 44.1 Å². The normalized spacial score (nSPS) is 35.1. The number of aliphatic hydroxyl groups is 3. The molecule has 15 rings (SSSR count). The first-order chi connectivity index (χ1) is 46.8. The number of ether oxygens (including phenoxy) is 3. The number of nitrogens with one attached hydrogen (secondary N) is 3. The number of aromatic nitrogens is 6. The standard InChI is InChI=1S/C66H69Cl3F3N6O16PS3/c67-40-16-4-1-13-37(40)58(22-7-8-23-58)49(64(70)46(82)61(28-34-96-61)52(89-64)76-31-19-43(79)73-55(76)85)92-95(88,93-50(59(24-9-10-25-59)38-14-2-5-17-41(38)68)65(71)47(83)62(29-35-97-62)53(90-65)77-32-20-44(80)74-56(77)86)94-51(60(26-11-12-27-60)39-15-3-6-18-42(39)69)66(72)48(84)63(30-36-98-63)54(91-66)78-33-21-45(81)75-57(78)87/h1-6,13-21,31-33,46-54,82-84H,7-12,22-30,34-36H2,(H,73,79,85)(H,74,80,86)(H,75,81,87)/t46-,47-,48-,49?,50?,51?,52+,53+,54+,61+,62+,63+,64+,65+,66+,95?/m0/s1. The first-order valence-electron chi connectivity index (χ1n) is 32.7. The van der Waals surface area contributed by atoms with E-state index >= 15 is 17.7 Å². The van der Waals surface area contributed by atoms with E-state index in [2.05, 4.69) is 15.0 Å². The van der Waals surface area contributed by atoms with E-state index in [-0.39, 0.29) is 145 Å². The van der Waals surface area contributed by atoms with Crippen LogP contribution in [0, 0.1) is 0 Å². The summed E-state index contributed by atoms with van der Waals surface area (Å²) in [4.78, 5) is 86.8. The maximum absolute atomic E-state index is 20.8. The molecule has 3 aromatic heterocycles. The van der Waals surface area contributed by atoms with Crippen LogP contribution in [0.15, 0.2) is 138 Å². The highest BCUT2D eigenvalue weighted by atomic mass is 35.5. The number of thioether (sulfide) groups is 3. The lowest BCUT2D eigenvalue weighted by Crippen LogP contribution is -2.63. The molecule has 32 heteroatoms. The van der Waals surface area contributed by atoms with Crippen molar-refractivity contribution in [1.82, 2.24) is 28.7 Å². The maximum Gasteiger partial charge on any atom is 0.476 e. The van der Waals surface area contributed by atoms with Gasteiger partial charge < -0.3 is 29.5 Å². The molecule has 6 N–H and O–H groups in total. The summed E-state index contributed by atoms with van der Waals surface area (Å²) < 4.78 is 121. The second-order valence-electron chi connectivity index (χ2n) is 27.4. The van der Waals surface area contributed by atoms with E-state index in [0.29, 0.717) is 0 Å². The van der Waals surface area contributed by atoms with Crippen LogP contribution in [0.1, 0.15) is 132 Å². The predicted molar refractivity (Wildman–Crippen MR) is 360 cm³/mol. The predicted octanol–water partition coefficient (Wildman–Crippen LogP) is 9.69. The molecular weight excluding hydrogens is 1420 g/mol. The van der Waals surface area contributed by atoms with Gasteiger partial charge in [-0.2, -0.15) is 0 Å². The highest BCUT2D eigenvalue weighted by molar-refractivity contribution is 8.02. The van der Waals surface area contributed by atoms with E-state index < -0.39 is 145 Å². The number of phosphoric ester groups is 1. The molecule has 3 saturated carbocycles. The van der Waals surface area contributed by atoms with Crippen LogP contribution in [0.2, 0.25) is 15.1 Å². The van der Waals surface area contributed by atoms with Gasteiger partial charge in [-0.15, -0.1) is 35.3 Å². The number of hydrogen-bond acceptors (Lipinski definition) is 19. The van der Waals surface area contributed by atoms with Crippen molar-refractivity contribution in [1.29, 1.82) is 0 Å². The first-order valence-corrected chi connectivity index (χ1v) is 38.2. The zero-order chi connectivity index (χ0) is 68.8. The van der Waals surface area contributed by atoms with Crippen molar-refractivity contribution in [3.8, 4) is 0 Å². The largest absolute Gasteiger partial charge is 0.476 e. The van der Waals surface area contributed by atoms with Gasteiger partial charge in [0.2, 0.25) is 0 Å². The van der Waals surface area contributed by atoms with Crippen molar-refractivity contribution >= 4 is 77.9 Å². The van der Waals surface area contributed by atoms with E-state index in [1.165, 1.54) is 18.2 Å². The number of rotatable bonds is 18. The Morgan fingerprint density at radius 3 is 0.898 bits per heavy atom. The third kappa shape index (κ3) is 10.3. The summed E-state index contributed by atoms with van der Waals surface area (Å²) in [6.45, 7) is 0. The number of benzene rings is 3. The minimum Gasteiger partial charge on any atom is -0.385 e. The van der Waals surface area contributed by atoms with E-state index in [0.717, 1.165) is 85.8 Å². The zero-order valence-corrected chi connectivity index (χ0v) is 57.9. The van der Waals surface area contributed by atoms with Gasteiger partial charge >= 0.3 is 24.9 Å². The molecule has 3 aromatic carbocycles. The SMILES string of the molecule is O=c1ccn([C@@H]2O[C@@](F)(C(OP(=O)(OC(C3(c4ccccc4Cl)CCCC3)[C@]3(F)O[C@@H](n4ccc(=O)[nH]c4=O)[C@@]4(CCS4)[C@@H]3O)OC(C3(c4ccccc4Cl)CCCC3)[C@]3(F)O[C@@H](n4ccc(=O)[nH]c4=O)[C@@]4(CCS4)[C@@H]3O)C3(c4ccccc4Cl)CCCC3)[C@@H](O)[C@]23CCS3)c(=O)[nH]1. The van der Waals surface area contributed by atoms with Crippen LogP contribution < -0.4 is 33.7 Å². The Balaban J connectivity index is 1.02. The number of aromatic amines is 3. The average Bonchev–Trinajstić information content (AvgIpc) is 1.52. The van der Waals surface area contributed by atoms with Crippen molar-refractivity contribution in [2.24, 2.45) is 0 Å². The number of nitrogens with zero attached hydrogens (tertiary/aromatic N) is 3. The van der Waals surface area contributed by atoms with Crippen LogP contribution in [-0.2, 0) is 48.6 Å². The van der Waals surface area contributed by atoms with Crippen LogP contribution >= 0.6 is 77.9 Å². The number of aliphatic hydroxyl groups excluding tert-OH is 3. The van der Waals surface area contributed by atoms with Crippen LogP contribution in [0.3, 0.4) is 0 Å². The van der Waals surface area contributed by atoms with Crippen molar-refractivity contribution in [2.75, 3.05) is 17.3 Å². The number of hydrogen-bond donors (Lipinski definition) is 6. The molecule has 6 aromatic rings. The molecule has 524 valence electrons. The molecule has 6 saturated heterocycles. The summed E-state index contributed by atoms with van der Waals surface area (Å²) in [5, 5.41) is 40.2. The first kappa shape index (κ1) is 69.0. The molecule has 0 radical (unpaired) electrons. The summed E-state index contributed by atoms with van der Waals surface area (Å²) in [5.74, 6) is -10.4. The monoisotopic (exact) mass is 1490 g/mol. The number of H-pyrrole nitrogens is 3. The second kappa shape index (κ2) is 25.0. The second-order valence-corrected chi connectivity index (χ2v) is 34.5. The molecule has 9 heterocycles. The lowest BCUT2D eigenvalue weighted by molar-refractivity contribution is -0.275. The van der Waals surface area contributed by atoms with Gasteiger partial charge in [-0.25, -0.2) is 32.1 Å². The van der Waals surface area contributed by atoms with Gasteiger partial charge in [0.15, 0.2) is 18.7 Å². The van der Waals surface area contributed by atoms with E-state index in [1.807, 2.05) is 0 Å². The van der Waals surface area contributed by atoms with Gasteiger partial charge in [-0.1, -0.05) is 128 Å². The maximum atomic E-state index is 20.8. The van der Waals surface area contributed by atoms with Crippen molar-refractivity contribution in [2.45, 2.75) is 200 Å². The number of alkyl halides is 3. The quantitative estimate of drug-likeness (QED) is 0.0436. The lowest BCUT2D eigenvalue weighted by Gasteiger charge is -2.51. The third-order valence-corrected chi connectivity index (χ3v) is 29.7. The average molecular weight is 1490 g/mol. The molecule has 3 spiro atoms. The summed E-state index contributed by atoms with van der Waals surface area (Å²) >= 11 is 25.0. The van der Waals surface area contributed by atoms with Gasteiger partial charge in [0.05, 0.1) is 14.2 Å². The highest BCUT2D eigenvalue weighted by Crippen LogP contribution is 2.73. The fourth-order valence-electron chi connectivity index (χ4n) is 17.7. The van der Waals surface area contributed by atoms with Gasteiger partial charge in [-0.3, -0.25) is 56.6 Å². The smallest absolute Gasteiger partial charge is 0.385 e. The fraction of sp³-hybridized carbons (Fsp3) is 0.545. The Kier molecular flexibility index (Phi) is 17.6. The van der Waals surface area contributed by atoms with Crippen LogP contribution in [0.5, 0.6) is 0 Å². The van der Waals surface area contributed by atoms with E-state index in [1.54, 1.807) is 54.6 Å². The highest BCUT2D eigenvalue weighted by Gasteiger charge is 2.80. The molecule has 3 unspecified atom stereocenters. The molecule has 9 aliphatic rings. The molecule has 98 heavy (non-hydrogen) atoms. The summed E-state index contributed by atoms with van der Waals surface area (Å²) in [6.07, 6.45) is -16.1.